The summed E-state index contributed by atoms with van der Waals surface area (Å²) in [4.78, 5) is 37.8. The molecule has 0 rings (SSSR count). The Morgan fingerprint density at radius 3 is 1.23 bits per heavy atom. The highest BCUT2D eigenvalue weighted by atomic mass is 16.6. The molecule has 0 aromatic rings. The van der Waals surface area contributed by atoms with E-state index in [0.29, 0.717) is 19.3 Å². The molecule has 0 radical (unpaired) electrons. The molecule has 6 heteroatoms. The first-order valence-electron chi connectivity index (χ1n) is 24.6. The smallest absolute Gasteiger partial charge is 0.306 e. The van der Waals surface area contributed by atoms with Crippen molar-refractivity contribution in [3.05, 3.63) is 122 Å². The van der Waals surface area contributed by atoms with Gasteiger partial charge in [-0.2, -0.15) is 0 Å². The molecule has 0 spiro atoms. The molecule has 1 unspecified atom stereocenters. The predicted octanol–water partition coefficient (Wildman–Crippen LogP) is 16.1. The summed E-state index contributed by atoms with van der Waals surface area (Å²) in [6, 6.07) is 0. The zero-order chi connectivity index (χ0) is 45.1. The van der Waals surface area contributed by atoms with Crippen molar-refractivity contribution in [1.82, 2.24) is 0 Å². The molecule has 0 saturated heterocycles. The molecule has 0 aromatic carbocycles. The van der Waals surface area contributed by atoms with E-state index in [0.717, 1.165) is 96.3 Å². The monoisotopic (exact) mass is 857 g/mol. The molecule has 348 valence electrons. The van der Waals surface area contributed by atoms with Crippen molar-refractivity contribution in [1.29, 1.82) is 0 Å². The minimum atomic E-state index is -0.823. The van der Waals surface area contributed by atoms with E-state index < -0.39 is 6.10 Å². The summed E-state index contributed by atoms with van der Waals surface area (Å²) in [6.07, 6.45) is 67.6. The van der Waals surface area contributed by atoms with Crippen molar-refractivity contribution in [2.75, 3.05) is 13.2 Å². The topological polar surface area (TPSA) is 78.9 Å². The molecule has 0 saturated carbocycles. The zero-order valence-electron chi connectivity index (χ0n) is 39.6. The first-order valence-corrected chi connectivity index (χ1v) is 24.6. The van der Waals surface area contributed by atoms with E-state index in [4.69, 9.17) is 14.2 Å². The highest BCUT2D eigenvalue weighted by molar-refractivity contribution is 5.71. The SMILES string of the molecule is CC\C=C/C=C\C=C/C=C\C=C\C=C/CCCCCC(=O)OC(COC(=O)CCCC/C=C\C/C=C\CC)COC(=O)CCCCCCC/C=C\C=C/CCCCCCCCC. The van der Waals surface area contributed by atoms with Gasteiger partial charge in [0.15, 0.2) is 6.10 Å². The molecule has 0 aromatic heterocycles. The van der Waals surface area contributed by atoms with E-state index >= 15 is 0 Å². The fourth-order valence-corrected chi connectivity index (χ4v) is 6.21. The van der Waals surface area contributed by atoms with Gasteiger partial charge < -0.3 is 14.2 Å². The quantitative estimate of drug-likeness (QED) is 0.0200. The highest BCUT2D eigenvalue weighted by Gasteiger charge is 2.19. The van der Waals surface area contributed by atoms with Gasteiger partial charge in [-0.3, -0.25) is 14.4 Å². The maximum absolute atomic E-state index is 12.7. The van der Waals surface area contributed by atoms with Gasteiger partial charge in [-0.25, -0.2) is 0 Å². The number of allylic oxidation sites excluding steroid dienone is 20. The van der Waals surface area contributed by atoms with Crippen LogP contribution in [0.15, 0.2) is 122 Å². The number of hydrogen-bond acceptors (Lipinski definition) is 6. The van der Waals surface area contributed by atoms with Crippen LogP contribution in [-0.4, -0.2) is 37.2 Å². The normalized spacial score (nSPS) is 13.1. The largest absolute Gasteiger partial charge is 0.462 e. The number of carbonyl (C=O) groups excluding carboxylic acids is 3. The van der Waals surface area contributed by atoms with Gasteiger partial charge in [0.05, 0.1) is 0 Å². The second-order valence-corrected chi connectivity index (χ2v) is 15.8. The van der Waals surface area contributed by atoms with Crippen molar-refractivity contribution in [2.24, 2.45) is 0 Å². The molecule has 0 heterocycles. The molecule has 0 amide bonds. The third kappa shape index (κ3) is 46.9. The van der Waals surface area contributed by atoms with Crippen LogP contribution in [0.25, 0.3) is 0 Å². The van der Waals surface area contributed by atoms with Gasteiger partial charge in [0, 0.05) is 19.3 Å². The van der Waals surface area contributed by atoms with E-state index in [-0.39, 0.29) is 37.5 Å². The van der Waals surface area contributed by atoms with Crippen LogP contribution in [0.4, 0.5) is 0 Å². The van der Waals surface area contributed by atoms with Crippen LogP contribution in [0.1, 0.15) is 194 Å². The van der Waals surface area contributed by atoms with Crippen LogP contribution in [0, 0.1) is 0 Å². The summed E-state index contributed by atoms with van der Waals surface area (Å²) in [6.45, 7) is 6.25. The number of esters is 3. The lowest BCUT2D eigenvalue weighted by molar-refractivity contribution is -0.167. The number of unbranched alkanes of at least 4 members (excludes halogenated alkanes) is 17. The fourth-order valence-electron chi connectivity index (χ4n) is 6.21. The maximum Gasteiger partial charge on any atom is 0.306 e. The molecular formula is C56H88O6. The first kappa shape index (κ1) is 57.8. The Morgan fingerprint density at radius 1 is 0.355 bits per heavy atom. The lowest BCUT2D eigenvalue weighted by atomic mass is 10.1. The second-order valence-electron chi connectivity index (χ2n) is 15.8. The minimum absolute atomic E-state index is 0.119. The van der Waals surface area contributed by atoms with E-state index in [1.807, 2.05) is 60.8 Å². The third-order valence-electron chi connectivity index (χ3n) is 9.87. The van der Waals surface area contributed by atoms with Crippen LogP contribution in [0.2, 0.25) is 0 Å². The van der Waals surface area contributed by atoms with Gasteiger partial charge in [0.1, 0.15) is 13.2 Å². The van der Waals surface area contributed by atoms with Crippen LogP contribution in [-0.2, 0) is 28.6 Å². The Balaban J connectivity index is 4.50. The summed E-state index contributed by atoms with van der Waals surface area (Å²) in [7, 11) is 0. The highest BCUT2D eigenvalue weighted by Crippen LogP contribution is 2.12. The number of rotatable bonds is 42. The van der Waals surface area contributed by atoms with Crippen LogP contribution >= 0.6 is 0 Å². The summed E-state index contributed by atoms with van der Waals surface area (Å²) >= 11 is 0. The number of hydrogen-bond donors (Lipinski definition) is 0. The molecule has 0 fully saturated rings. The molecule has 62 heavy (non-hydrogen) atoms. The Kier molecular flexibility index (Phi) is 46.1. The summed E-state index contributed by atoms with van der Waals surface area (Å²) in [5.41, 5.74) is 0. The average Bonchev–Trinajstić information content (AvgIpc) is 3.27. The minimum Gasteiger partial charge on any atom is -0.462 e. The van der Waals surface area contributed by atoms with Gasteiger partial charge in [-0.1, -0.05) is 206 Å². The van der Waals surface area contributed by atoms with E-state index in [1.54, 1.807) is 0 Å². The Morgan fingerprint density at radius 2 is 0.710 bits per heavy atom. The standard InChI is InChI=1S/C56H88O6/c1-4-7-10-13-16-19-21-23-25-27-29-30-32-34-37-40-43-46-49-55(58)61-52-53(51-60-54(57)48-45-42-39-36-18-15-12-9-6-3)62-56(59)50-47-44-41-38-35-33-31-28-26-24-22-20-17-14-11-8-5-2/h8-9,11-12,14,17-18,20,22,24-31,33,35-36,53H,4-7,10,13,15-16,19,21,23,32,34,37-52H2,1-3H3/b11-8-,12-9-,17-14-,22-20-,26-24-,27-25-,30-29-,31-28+,35-33-,36-18-. The second kappa shape index (κ2) is 49.5. The molecule has 0 bridgehead atoms. The average molecular weight is 857 g/mol. The number of carbonyl (C=O) groups is 3. The van der Waals surface area contributed by atoms with Gasteiger partial charge in [0.25, 0.3) is 0 Å². The summed E-state index contributed by atoms with van der Waals surface area (Å²) in [5, 5.41) is 0. The van der Waals surface area contributed by atoms with E-state index in [1.165, 1.54) is 51.4 Å². The van der Waals surface area contributed by atoms with Crippen molar-refractivity contribution >= 4 is 17.9 Å². The predicted molar refractivity (Wildman–Crippen MR) is 265 cm³/mol. The van der Waals surface area contributed by atoms with Crippen LogP contribution < -0.4 is 0 Å². The Hall–Kier alpha value is -4.19. The van der Waals surface area contributed by atoms with Crippen molar-refractivity contribution < 1.29 is 28.6 Å². The number of ether oxygens (including phenoxy) is 3. The van der Waals surface area contributed by atoms with Crippen LogP contribution in [0.3, 0.4) is 0 Å². The van der Waals surface area contributed by atoms with Crippen molar-refractivity contribution in [3.8, 4) is 0 Å². The Labute approximate surface area is 380 Å². The summed E-state index contributed by atoms with van der Waals surface area (Å²) in [5.74, 6) is -1.03. The lowest BCUT2D eigenvalue weighted by Gasteiger charge is -2.18. The molecule has 0 N–H and O–H groups in total. The van der Waals surface area contributed by atoms with Crippen molar-refractivity contribution in [3.63, 3.8) is 0 Å². The summed E-state index contributed by atoms with van der Waals surface area (Å²) < 4.78 is 16.6. The maximum atomic E-state index is 12.7. The first-order chi connectivity index (χ1) is 30.5. The van der Waals surface area contributed by atoms with Gasteiger partial charge >= 0.3 is 17.9 Å². The molecular weight excluding hydrogens is 769 g/mol. The Bertz CT molecular complexity index is 1350. The van der Waals surface area contributed by atoms with E-state index in [2.05, 4.69) is 81.5 Å². The van der Waals surface area contributed by atoms with Crippen molar-refractivity contribution in [2.45, 2.75) is 200 Å². The van der Waals surface area contributed by atoms with Gasteiger partial charge in [0.2, 0.25) is 0 Å². The lowest BCUT2D eigenvalue weighted by Crippen LogP contribution is -2.30. The third-order valence-corrected chi connectivity index (χ3v) is 9.87. The molecule has 0 aliphatic carbocycles. The van der Waals surface area contributed by atoms with E-state index in [9.17, 15) is 14.4 Å². The van der Waals surface area contributed by atoms with Gasteiger partial charge in [-0.05, 0) is 89.9 Å². The zero-order valence-corrected chi connectivity index (χ0v) is 39.6. The molecule has 0 aliphatic rings. The molecule has 0 aliphatic heterocycles. The molecule has 6 nitrogen and oxygen atoms in total. The van der Waals surface area contributed by atoms with Gasteiger partial charge in [-0.15, -0.1) is 0 Å². The van der Waals surface area contributed by atoms with Crippen LogP contribution in [0.5, 0.6) is 0 Å². The molecule has 1 atom stereocenters. The fraction of sp³-hybridized carbons (Fsp3) is 0.589.